The average Bonchev–Trinajstić information content (AvgIpc) is 3.27. The Labute approximate surface area is 196 Å². The van der Waals surface area contributed by atoms with Gasteiger partial charge in [-0.05, 0) is 74.1 Å². The fourth-order valence-electron chi connectivity index (χ4n) is 4.43. The normalized spacial score (nSPS) is 18.4. The van der Waals surface area contributed by atoms with Crippen molar-refractivity contribution in [2.24, 2.45) is 5.41 Å². The van der Waals surface area contributed by atoms with Crippen molar-refractivity contribution >= 4 is 22.9 Å². The maximum atomic E-state index is 13.5. The third-order valence-corrected chi connectivity index (χ3v) is 7.99. The van der Waals surface area contributed by atoms with Gasteiger partial charge in [0.1, 0.15) is 0 Å². The molecule has 0 saturated heterocycles. The van der Waals surface area contributed by atoms with E-state index in [-0.39, 0.29) is 12.5 Å². The van der Waals surface area contributed by atoms with E-state index >= 15 is 0 Å². The lowest BCUT2D eigenvalue weighted by Gasteiger charge is -2.34. The molecule has 1 amide bonds. The molecule has 32 heavy (non-hydrogen) atoms. The molecule has 6 heteroatoms. The smallest absolute Gasteiger partial charge is 0.232 e. The molecule has 0 saturated carbocycles. The Morgan fingerprint density at radius 1 is 1.22 bits per heavy atom. The molecular weight excluding hydrogens is 420 g/mol. The summed E-state index contributed by atoms with van der Waals surface area (Å²) in [5, 5.41) is 20.7. The minimum Gasteiger partial charge on any atom is -0.391 e. The summed E-state index contributed by atoms with van der Waals surface area (Å²) in [5.74, 6) is 0.594. The Morgan fingerprint density at radius 3 is 2.66 bits per heavy atom. The highest BCUT2D eigenvalue weighted by atomic mass is 32.1. The van der Waals surface area contributed by atoms with Crippen molar-refractivity contribution in [3.05, 3.63) is 45.4 Å². The van der Waals surface area contributed by atoms with Gasteiger partial charge in [0, 0.05) is 23.8 Å². The lowest BCUT2D eigenvalue weighted by molar-refractivity contribution is -0.126. The molecule has 1 aromatic heterocycles. The van der Waals surface area contributed by atoms with E-state index in [1.54, 1.807) is 17.5 Å². The number of hydrogen-bond acceptors (Lipinski definition) is 5. The summed E-state index contributed by atoms with van der Waals surface area (Å²) in [4.78, 5) is 20.8. The number of thiazole rings is 1. The summed E-state index contributed by atoms with van der Waals surface area (Å²) in [6, 6.07) is 6.20. The SMILES string of the molecule is CCC1CCC(O)c2ccc(N(CCCCc3ncc(CO)s3)C(=O)C(C)(C)CC)cc21. The van der Waals surface area contributed by atoms with Crippen molar-refractivity contribution in [2.75, 3.05) is 11.4 Å². The van der Waals surface area contributed by atoms with Gasteiger partial charge in [0.2, 0.25) is 5.91 Å². The monoisotopic (exact) mass is 458 g/mol. The number of aryl methyl sites for hydroxylation is 1. The predicted molar refractivity (Wildman–Crippen MR) is 131 cm³/mol. The van der Waals surface area contributed by atoms with Gasteiger partial charge in [0.15, 0.2) is 0 Å². The second-order valence-corrected chi connectivity index (χ2v) is 10.7. The zero-order chi connectivity index (χ0) is 23.3. The molecule has 0 bridgehead atoms. The van der Waals surface area contributed by atoms with Crippen LogP contribution >= 0.6 is 11.3 Å². The van der Waals surface area contributed by atoms with Crippen molar-refractivity contribution < 1.29 is 15.0 Å². The maximum absolute atomic E-state index is 13.5. The van der Waals surface area contributed by atoms with E-state index in [0.29, 0.717) is 12.5 Å². The number of amides is 1. The molecule has 5 nitrogen and oxygen atoms in total. The number of unbranched alkanes of at least 4 members (excludes halogenated alkanes) is 1. The minimum absolute atomic E-state index is 0.0395. The van der Waals surface area contributed by atoms with E-state index < -0.39 is 11.5 Å². The maximum Gasteiger partial charge on any atom is 0.232 e. The van der Waals surface area contributed by atoms with Gasteiger partial charge >= 0.3 is 0 Å². The summed E-state index contributed by atoms with van der Waals surface area (Å²) in [5.41, 5.74) is 2.75. The number of nitrogens with zero attached hydrogens (tertiary/aromatic N) is 2. The van der Waals surface area contributed by atoms with Crippen LogP contribution in [-0.4, -0.2) is 27.6 Å². The largest absolute Gasteiger partial charge is 0.391 e. The molecule has 0 aliphatic heterocycles. The van der Waals surface area contributed by atoms with Gasteiger partial charge in [-0.3, -0.25) is 4.79 Å². The molecule has 1 heterocycles. The van der Waals surface area contributed by atoms with Crippen LogP contribution in [0.1, 0.15) is 99.3 Å². The fraction of sp³-hybridized carbons (Fsp3) is 0.615. The number of fused-ring (bicyclic) bond motifs is 1. The van der Waals surface area contributed by atoms with E-state index in [0.717, 1.165) is 66.1 Å². The molecule has 3 rings (SSSR count). The number of carbonyl (C=O) groups excluding carboxylic acids is 1. The first-order valence-corrected chi connectivity index (χ1v) is 12.8. The van der Waals surface area contributed by atoms with Crippen LogP contribution in [-0.2, 0) is 17.8 Å². The minimum atomic E-state index is -0.426. The van der Waals surface area contributed by atoms with Gasteiger partial charge in [0.05, 0.1) is 22.6 Å². The van der Waals surface area contributed by atoms with Gasteiger partial charge in [-0.15, -0.1) is 11.3 Å². The second kappa shape index (κ2) is 10.9. The van der Waals surface area contributed by atoms with E-state index in [1.807, 2.05) is 30.9 Å². The highest BCUT2D eigenvalue weighted by Gasteiger charge is 2.32. The van der Waals surface area contributed by atoms with E-state index in [1.165, 1.54) is 5.56 Å². The van der Waals surface area contributed by atoms with E-state index in [2.05, 4.69) is 24.9 Å². The molecule has 2 N–H and O–H groups in total. The van der Waals surface area contributed by atoms with Gasteiger partial charge in [-0.25, -0.2) is 4.98 Å². The Morgan fingerprint density at radius 2 is 2.00 bits per heavy atom. The molecule has 176 valence electrons. The first-order valence-electron chi connectivity index (χ1n) is 12.0. The lowest BCUT2D eigenvalue weighted by Crippen LogP contribution is -2.41. The van der Waals surface area contributed by atoms with E-state index in [4.69, 9.17) is 0 Å². The number of benzene rings is 1. The summed E-state index contributed by atoms with van der Waals surface area (Å²) in [6.45, 7) is 9.00. The van der Waals surface area contributed by atoms with Crippen molar-refractivity contribution in [3.63, 3.8) is 0 Å². The summed E-state index contributed by atoms with van der Waals surface area (Å²) in [6.07, 6.45) is 7.65. The number of anilines is 1. The highest BCUT2D eigenvalue weighted by Crippen LogP contribution is 2.41. The second-order valence-electron chi connectivity index (χ2n) is 9.54. The van der Waals surface area contributed by atoms with Crippen LogP contribution < -0.4 is 4.90 Å². The van der Waals surface area contributed by atoms with Crippen LogP contribution in [0, 0.1) is 5.41 Å². The van der Waals surface area contributed by atoms with Gasteiger partial charge in [-0.2, -0.15) is 0 Å². The average molecular weight is 459 g/mol. The molecule has 1 aliphatic carbocycles. The van der Waals surface area contributed by atoms with Crippen LogP contribution in [0.3, 0.4) is 0 Å². The standard InChI is InChI=1S/C26H38N2O3S/c1-5-18-10-13-23(30)21-12-11-19(15-22(18)21)28(25(31)26(3,4)6-2)14-8-7-9-24-27-16-20(17-29)32-24/h11-12,15-16,18,23,29-30H,5-10,13-14,17H2,1-4H3. The van der Waals surface area contributed by atoms with Gasteiger partial charge in [0.25, 0.3) is 0 Å². The molecule has 0 spiro atoms. The number of aliphatic hydroxyl groups excluding tert-OH is 2. The highest BCUT2D eigenvalue weighted by molar-refractivity contribution is 7.11. The Balaban J connectivity index is 1.79. The number of carbonyl (C=O) groups is 1. The zero-order valence-corrected chi connectivity index (χ0v) is 20.7. The Bertz CT molecular complexity index is 908. The Hall–Kier alpha value is -1.76. The molecule has 2 unspecified atom stereocenters. The topological polar surface area (TPSA) is 73.7 Å². The number of aromatic nitrogens is 1. The molecule has 0 fully saturated rings. The van der Waals surface area contributed by atoms with Crippen LogP contribution in [0.4, 0.5) is 5.69 Å². The molecule has 2 atom stereocenters. The third kappa shape index (κ3) is 5.59. The zero-order valence-electron chi connectivity index (χ0n) is 19.9. The van der Waals surface area contributed by atoms with Gasteiger partial charge < -0.3 is 15.1 Å². The molecule has 2 aromatic rings. The molecule has 1 aromatic carbocycles. The third-order valence-electron chi connectivity index (χ3n) is 6.95. The first-order chi connectivity index (χ1) is 15.3. The summed E-state index contributed by atoms with van der Waals surface area (Å²) >= 11 is 1.56. The molecular formula is C26H38N2O3S. The lowest BCUT2D eigenvalue weighted by atomic mass is 9.79. The summed E-state index contributed by atoms with van der Waals surface area (Å²) in [7, 11) is 0. The first kappa shape index (κ1) is 24.9. The Kier molecular flexibility index (Phi) is 8.48. The van der Waals surface area contributed by atoms with Gasteiger partial charge in [-0.1, -0.05) is 33.8 Å². The molecule has 1 aliphatic rings. The predicted octanol–water partition coefficient (Wildman–Crippen LogP) is 5.75. The number of rotatable bonds is 10. The van der Waals surface area contributed by atoms with Crippen molar-refractivity contribution in [2.45, 2.75) is 91.3 Å². The van der Waals surface area contributed by atoms with Crippen LogP contribution in [0.2, 0.25) is 0 Å². The fourth-order valence-corrected chi connectivity index (χ4v) is 5.25. The van der Waals surface area contributed by atoms with E-state index in [9.17, 15) is 15.0 Å². The van der Waals surface area contributed by atoms with Crippen LogP contribution in [0.15, 0.2) is 24.4 Å². The quantitative estimate of drug-likeness (QED) is 0.445. The van der Waals surface area contributed by atoms with Crippen molar-refractivity contribution in [3.8, 4) is 0 Å². The van der Waals surface area contributed by atoms with Crippen LogP contribution in [0.5, 0.6) is 0 Å². The number of hydrogen-bond donors (Lipinski definition) is 2. The number of aliphatic hydroxyl groups is 2. The van der Waals surface area contributed by atoms with Crippen molar-refractivity contribution in [1.29, 1.82) is 0 Å². The van der Waals surface area contributed by atoms with Crippen LogP contribution in [0.25, 0.3) is 0 Å². The summed E-state index contributed by atoms with van der Waals surface area (Å²) < 4.78 is 0. The van der Waals surface area contributed by atoms with Crippen molar-refractivity contribution in [1.82, 2.24) is 4.98 Å². The molecule has 0 radical (unpaired) electrons.